The standard InChI is InChI=1S/C21H26BF2NO8/c1-21(23,24)11-17(26)25-16-10-13-6-5-9-15(18(13)33-22(16)29)19(27)30-12-31-20(28)32-14-7-3-2-4-8-14/h5-6,9,14,16,29H,2-4,7-8,10-12H2,1H3,(H,25,26)/t16-/m0/s1. The van der Waals surface area contributed by atoms with E-state index in [-0.39, 0.29) is 23.8 Å². The second-order valence-electron chi connectivity index (χ2n) is 8.25. The molecule has 3 rings (SSSR count). The van der Waals surface area contributed by atoms with Gasteiger partial charge in [0.2, 0.25) is 12.7 Å². The molecule has 0 radical (unpaired) electrons. The van der Waals surface area contributed by atoms with Gasteiger partial charge in [-0.1, -0.05) is 18.6 Å². The van der Waals surface area contributed by atoms with Crippen LogP contribution in [0, 0.1) is 0 Å². The van der Waals surface area contributed by atoms with Crippen molar-refractivity contribution in [3.63, 3.8) is 0 Å². The normalized spacial score (nSPS) is 18.5. The number of amides is 1. The van der Waals surface area contributed by atoms with E-state index in [0.717, 1.165) is 32.1 Å². The van der Waals surface area contributed by atoms with E-state index >= 15 is 0 Å². The molecule has 1 aromatic rings. The molecule has 1 aliphatic heterocycles. The number of halogens is 2. The van der Waals surface area contributed by atoms with E-state index in [9.17, 15) is 28.2 Å². The van der Waals surface area contributed by atoms with Crippen LogP contribution in [0.5, 0.6) is 5.75 Å². The number of para-hydroxylation sites is 1. The molecule has 0 spiro atoms. The molecular formula is C21H26BF2NO8. The number of nitrogens with one attached hydrogen (secondary N) is 1. The molecule has 1 fully saturated rings. The van der Waals surface area contributed by atoms with Gasteiger partial charge < -0.3 is 29.2 Å². The van der Waals surface area contributed by atoms with Crippen LogP contribution >= 0.6 is 0 Å². The third-order valence-corrected chi connectivity index (χ3v) is 5.34. The third kappa shape index (κ3) is 7.31. The van der Waals surface area contributed by atoms with Gasteiger partial charge in [-0.15, -0.1) is 0 Å². The maximum atomic E-state index is 13.0. The lowest BCUT2D eigenvalue weighted by Gasteiger charge is -2.29. The number of carbonyl (C=O) groups is 3. The largest absolute Gasteiger partial charge is 0.547 e. The van der Waals surface area contributed by atoms with Crippen LogP contribution < -0.4 is 9.97 Å². The first-order valence-corrected chi connectivity index (χ1v) is 10.8. The molecule has 1 heterocycles. The summed E-state index contributed by atoms with van der Waals surface area (Å²) in [5.41, 5.74) is 0.432. The second kappa shape index (κ2) is 10.8. The van der Waals surface area contributed by atoms with Crippen LogP contribution in [0.3, 0.4) is 0 Å². The Kier molecular flexibility index (Phi) is 8.12. The summed E-state index contributed by atoms with van der Waals surface area (Å²) in [6, 6.07) is 4.53. The molecule has 12 heteroatoms. The molecule has 0 aromatic heterocycles. The van der Waals surface area contributed by atoms with E-state index in [1.54, 1.807) is 6.07 Å². The van der Waals surface area contributed by atoms with E-state index in [2.05, 4.69) is 5.32 Å². The fourth-order valence-electron chi connectivity index (χ4n) is 3.81. The van der Waals surface area contributed by atoms with Crippen LogP contribution in [0.2, 0.25) is 0 Å². The smallest absolute Gasteiger partial charge is 0.534 e. The van der Waals surface area contributed by atoms with Crippen molar-refractivity contribution in [1.82, 2.24) is 5.32 Å². The molecule has 9 nitrogen and oxygen atoms in total. The first-order chi connectivity index (χ1) is 15.6. The molecule has 33 heavy (non-hydrogen) atoms. The Balaban J connectivity index is 1.54. The van der Waals surface area contributed by atoms with Gasteiger partial charge in [0.1, 0.15) is 17.4 Å². The van der Waals surface area contributed by atoms with E-state index in [0.29, 0.717) is 12.5 Å². The van der Waals surface area contributed by atoms with Crippen molar-refractivity contribution in [3.05, 3.63) is 29.3 Å². The fraction of sp³-hybridized carbons (Fsp3) is 0.571. The molecule has 2 N–H and O–H groups in total. The third-order valence-electron chi connectivity index (χ3n) is 5.34. The van der Waals surface area contributed by atoms with Gasteiger partial charge in [-0.2, -0.15) is 0 Å². The Bertz CT molecular complexity index is 872. The van der Waals surface area contributed by atoms with Crippen molar-refractivity contribution in [2.45, 2.75) is 69.8 Å². The highest BCUT2D eigenvalue weighted by molar-refractivity contribution is 6.47. The predicted octanol–water partition coefficient (Wildman–Crippen LogP) is 2.77. The summed E-state index contributed by atoms with van der Waals surface area (Å²) >= 11 is 0. The predicted molar refractivity (Wildman–Crippen MR) is 111 cm³/mol. The van der Waals surface area contributed by atoms with Crippen molar-refractivity contribution >= 4 is 25.2 Å². The summed E-state index contributed by atoms with van der Waals surface area (Å²) < 4.78 is 46.4. The van der Waals surface area contributed by atoms with Crippen LogP contribution in [0.1, 0.15) is 61.4 Å². The molecule has 0 bridgehead atoms. The summed E-state index contributed by atoms with van der Waals surface area (Å²) in [5.74, 6) is -5.93. The highest BCUT2D eigenvalue weighted by atomic mass is 19.3. The van der Waals surface area contributed by atoms with Crippen LogP contribution in [-0.4, -0.2) is 54.9 Å². The van der Waals surface area contributed by atoms with Gasteiger partial charge in [-0.05, 0) is 50.7 Å². The van der Waals surface area contributed by atoms with Gasteiger partial charge >= 0.3 is 19.2 Å². The van der Waals surface area contributed by atoms with Crippen LogP contribution in [-0.2, 0) is 25.4 Å². The van der Waals surface area contributed by atoms with Crippen molar-refractivity contribution in [1.29, 1.82) is 0 Å². The number of hydrogen-bond donors (Lipinski definition) is 2. The Morgan fingerprint density at radius 2 is 1.94 bits per heavy atom. The van der Waals surface area contributed by atoms with Gasteiger partial charge in [-0.25, -0.2) is 18.4 Å². The van der Waals surface area contributed by atoms with E-state index < -0.39 is 50.2 Å². The van der Waals surface area contributed by atoms with Gasteiger partial charge in [0.05, 0.1) is 12.4 Å². The lowest BCUT2D eigenvalue weighted by molar-refractivity contribution is -0.127. The molecule has 2 aliphatic rings. The van der Waals surface area contributed by atoms with Gasteiger partial charge in [0.15, 0.2) is 0 Å². The number of fused-ring (bicyclic) bond motifs is 1. The quantitative estimate of drug-likeness (QED) is 0.356. The topological polar surface area (TPSA) is 120 Å². The Hall–Kier alpha value is -2.89. The van der Waals surface area contributed by atoms with Gasteiger partial charge in [0, 0.05) is 0 Å². The first kappa shape index (κ1) is 24.8. The average Bonchev–Trinajstić information content (AvgIpc) is 2.73. The maximum absolute atomic E-state index is 13.0. The highest BCUT2D eigenvalue weighted by Gasteiger charge is 2.39. The first-order valence-electron chi connectivity index (χ1n) is 10.8. The Morgan fingerprint density at radius 1 is 1.21 bits per heavy atom. The monoisotopic (exact) mass is 469 g/mol. The Labute approximate surface area is 189 Å². The second-order valence-corrected chi connectivity index (χ2v) is 8.25. The highest BCUT2D eigenvalue weighted by Crippen LogP contribution is 2.31. The lowest BCUT2D eigenvalue weighted by atomic mass is 9.72. The summed E-state index contributed by atoms with van der Waals surface area (Å²) in [7, 11) is -1.57. The SMILES string of the molecule is CC(F)(F)CC(=O)N[C@H]1Cc2cccc(C(=O)OCOC(=O)OC3CCCCC3)c2OB1O. The molecule has 0 saturated heterocycles. The summed E-state index contributed by atoms with van der Waals surface area (Å²) in [4.78, 5) is 36.0. The molecule has 1 aromatic carbocycles. The summed E-state index contributed by atoms with van der Waals surface area (Å²) in [6.07, 6.45) is 2.50. The molecule has 1 atom stereocenters. The number of esters is 1. The van der Waals surface area contributed by atoms with Crippen LogP contribution in [0.15, 0.2) is 18.2 Å². The minimum absolute atomic E-state index is 0.0272. The number of alkyl halides is 2. The number of carbonyl (C=O) groups excluding carboxylic acids is 3. The zero-order valence-corrected chi connectivity index (χ0v) is 18.2. The number of rotatable bonds is 7. The summed E-state index contributed by atoms with van der Waals surface area (Å²) in [6.45, 7) is -0.0481. The summed E-state index contributed by atoms with van der Waals surface area (Å²) in [5, 5.41) is 12.5. The number of ether oxygens (including phenoxy) is 3. The van der Waals surface area contributed by atoms with Gasteiger partial charge in [-0.3, -0.25) is 4.79 Å². The molecule has 1 aliphatic carbocycles. The molecular weight excluding hydrogens is 443 g/mol. The maximum Gasteiger partial charge on any atom is 0.547 e. The minimum Gasteiger partial charge on any atom is -0.534 e. The minimum atomic E-state index is -3.19. The number of hydrogen-bond acceptors (Lipinski definition) is 8. The number of benzene rings is 1. The van der Waals surface area contributed by atoms with Crippen LogP contribution in [0.4, 0.5) is 13.6 Å². The van der Waals surface area contributed by atoms with Crippen molar-refractivity contribution < 1.29 is 47.1 Å². The lowest BCUT2D eigenvalue weighted by Crippen LogP contribution is -2.53. The van der Waals surface area contributed by atoms with Crippen molar-refractivity contribution in [2.75, 3.05) is 6.79 Å². The molecule has 1 saturated carbocycles. The molecule has 0 unspecified atom stereocenters. The Morgan fingerprint density at radius 3 is 2.64 bits per heavy atom. The molecule has 1 amide bonds. The van der Waals surface area contributed by atoms with Crippen LogP contribution in [0.25, 0.3) is 0 Å². The molecule has 180 valence electrons. The van der Waals surface area contributed by atoms with Gasteiger partial charge in [0.25, 0.3) is 5.92 Å². The van der Waals surface area contributed by atoms with Crippen molar-refractivity contribution in [2.24, 2.45) is 0 Å². The zero-order chi connectivity index (χ0) is 24.0. The van der Waals surface area contributed by atoms with E-state index in [1.807, 2.05) is 0 Å². The van der Waals surface area contributed by atoms with E-state index in [4.69, 9.17) is 18.9 Å². The fourth-order valence-corrected chi connectivity index (χ4v) is 3.81. The zero-order valence-electron chi connectivity index (χ0n) is 18.2. The van der Waals surface area contributed by atoms with E-state index in [1.165, 1.54) is 12.1 Å². The van der Waals surface area contributed by atoms with Crippen molar-refractivity contribution in [3.8, 4) is 5.75 Å². The average molecular weight is 469 g/mol.